The highest BCUT2D eigenvalue weighted by molar-refractivity contribution is 5.68. The topological polar surface area (TPSA) is 50.4 Å². The second-order valence-electron chi connectivity index (χ2n) is 6.69. The lowest BCUT2D eigenvalue weighted by Crippen LogP contribution is -2.32. The molecular weight excluding hydrogens is 264 g/mol. The average molecular weight is 290 g/mol. The molecule has 1 aliphatic rings. The summed E-state index contributed by atoms with van der Waals surface area (Å²) in [5.41, 5.74) is 1.72. The summed E-state index contributed by atoms with van der Waals surface area (Å²) in [7, 11) is 0. The first-order chi connectivity index (χ1) is 9.94. The Morgan fingerprint density at radius 3 is 2.62 bits per heavy atom. The van der Waals surface area contributed by atoms with Gasteiger partial charge in [0.25, 0.3) is 0 Å². The summed E-state index contributed by atoms with van der Waals surface area (Å²) in [4.78, 5) is 11.7. The molecule has 0 atom stereocenters. The standard InChI is InChI=1S/C17H26N2O2/c1-17(2,3)21-16(20)19-12-14-9-4-5-10-15(14)18-11-13-7-6-8-13/h4-5,9-10,13,18H,6-8,11-12H2,1-3H3,(H,19,20). The number of nitrogens with one attached hydrogen (secondary N) is 2. The summed E-state index contributed by atoms with van der Waals surface area (Å²) in [6.07, 6.45) is 3.63. The molecule has 0 bridgehead atoms. The van der Waals surface area contributed by atoms with Gasteiger partial charge in [-0.2, -0.15) is 0 Å². The van der Waals surface area contributed by atoms with Crippen LogP contribution in [0.5, 0.6) is 0 Å². The molecule has 0 unspecified atom stereocenters. The van der Waals surface area contributed by atoms with Crippen molar-refractivity contribution >= 4 is 11.8 Å². The van der Waals surface area contributed by atoms with E-state index >= 15 is 0 Å². The van der Waals surface area contributed by atoms with Crippen molar-refractivity contribution in [2.45, 2.75) is 52.2 Å². The number of carbonyl (C=O) groups is 1. The SMILES string of the molecule is CC(C)(C)OC(=O)NCc1ccccc1NCC1CCC1. The number of amides is 1. The molecular formula is C17H26N2O2. The molecule has 2 N–H and O–H groups in total. The predicted octanol–water partition coefficient (Wildman–Crippen LogP) is 3.92. The zero-order valence-electron chi connectivity index (χ0n) is 13.2. The third-order valence-corrected chi connectivity index (χ3v) is 3.65. The van der Waals surface area contributed by atoms with Gasteiger partial charge in [0.1, 0.15) is 5.60 Å². The van der Waals surface area contributed by atoms with Gasteiger partial charge in [-0.25, -0.2) is 4.79 Å². The molecule has 1 amide bonds. The monoisotopic (exact) mass is 290 g/mol. The Hall–Kier alpha value is -1.71. The number of rotatable bonds is 5. The number of hydrogen-bond donors (Lipinski definition) is 2. The second-order valence-corrected chi connectivity index (χ2v) is 6.69. The van der Waals surface area contributed by atoms with Gasteiger partial charge in [0.05, 0.1) is 0 Å². The Bertz CT molecular complexity index is 476. The van der Waals surface area contributed by atoms with E-state index in [0.717, 1.165) is 23.7 Å². The van der Waals surface area contributed by atoms with Crippen LogP contribution in [0.15, 0.2) is 24.3 Å². The van der Waals surface area contributed by atoms with Crippen molar-refractivity contribution < 1.29 is 9.53 Å². The fourth-order valence-electron chi connectivity index (χ4n) is 2.28. The number of alkyl carbamates (subject to hydrolysis) is 1. The Kier molecular flexibility index (Phi) is 5.10. The number of ether oxygens (including phenoxy) is 1. The van der Waals surface area contributed by atoms with Crippen LogP contribution in [0.2, 0.25) is 0 Å². The van der Waals surface area contributed by atoms with Crippen LogP contribution in [0.25, 0.3) is 0 Å². The van der Waals surface area contributed by atoms with Crippen LogP contribution in [0.3, 0.4) is 0 Å². The Morgan fingerprint density at radius 2 is 2.00 bits per heavy atom. The third kappa shape index (κ3) is 5.29. The van der Waals surface area contributed by atoms with Crippen molar-refractivity contribution in [2.24, 2.45) is 5.92 Å². The Labute approximate surface area is 127 Å². The van der Waals surface area contributed by atoms with E-state index in [0.29, 0.717) is 6.54 Å². The second kappa shape index (κ2) is 6.83. The normalized spacial score (nSPS) is 15.2. The lowest BCUT2D eigenvalue weighted by molar-refractivity contribution is 0.0523. The van der Waals surface area contributed by atoms with Crippen LogP contribution in [-0.4, -0.2) is 18.2 Å². The average Bonchev–Trinajstić information content (AvgIpc) is 2.33. The number of anilines is 1. The molecule has 21 heavy (non-hydrogen) atoms. The third-order valence-electron chi connectivity index (χ3n) is 3.65. The van der Waals surface area contributed by atoms with Crippen LogP contribution in [0, 0.1) is 5.92 Å². The summed E-state index contributed by atoms with van der Waals surface area (Å²) < 4.78 is 5.25. The highest BCUT2D eigenvalue weighted by Gasteiger charge is 2.18. The molecule has 1 aromatic carbocycles. The summed E-state index contributed by atoms with van der Waals surface area (Å²) >= 11 is 0. The fourth-order valence-corrected chi connectivity index (χ4v) is 2.28. The zero-order valence-corrected chi connectivity index (χ0v) is 13.2. The molecule has 4 nitrogen and oxygen atoms in total. The smallest absolute Gasteiger partial charge is 0.407 e. The summed E-state index contributed by atoms with van der Waals surface area (Å²) in [5, 5.41) is 6.31. The fraction of sp³-hybridized carbons (Fsp3) is 0.588. The summed E-state index contributed by atoms with van der Waals surface area (Å²) in [6.45, 7) is 7.08. The van der Waals surface area contributed by atoms with Gasteiger partial charge in [0.2, 0.25) is 0 Å². The molecule has 0 radical (unpaired) electrons. The van der Waals surface area contributed by atoms with E-state index < -0.39 is 5.60 Å². The van der Waals surface area contributed by atoms with Gasteiger partial charge < -0.3 is 15.4 Å². The molecule has 0 aliphatic heterocycles. The summed E-state index contributed by atoms with van der Waals surface area (Å²) in [5.74, 6) is 0.803. The minimum Gasteiger partial charge on any atom is -0.444 e. The van der Waals surface area contributed by atoms with Crippen molar-refractivity contribution in [3.8, 4) is 0 Å². The van der Waals surface area contributed by atoms with Crippen LogP contribution >= 0.6 is 0 Å². The van der Waals surface area contributed by atoms with E-state index in [1.54, 1.807) is 0 Å². The number of benzene rings is 1. The molecule has 0 spiro atoms. The first-order valence-electron chi connectivity index (χ1n) is 7.73. The van der Waals surface area contributed by atoms with Gasteiger partial charge >= 0.3 is 6.09 Å². The molecule has 0 saturated heterocycles. The molecule has 2 rings (SSSR count). The quantitative estimate of drug-likeness (QED) is 0.864. The van der Waals surface area contributed by atoms with Crippen molar-refractivity contribution in [2.75, 3.05) is 11.9 Å². The lowest BCUT2D eigenvalue weighted by Gasteiger charge is -2.26. The number of hydrogen-bond acceptors (Lipinski definition) is 3. The van der Waals surface area contributed by atoms with Crippen LogP contribution < -0.4 is 10.6 Å². The van der Waals surface area contributed by atoms with Gasteiger partial charge in [-0.15, -0.1) is 0 Å². The van der Waals surface area contributed by atoms with Crippen LogP contribution in [0.1, 0.15) is 45.6 Å². The Morgan fingerprint density at radius 1 is 1.29 bits per heavy atom. The largest absolute Gasteiger partial charge is 0.444 e. The molecule has 1 saturated carbocycles. The van der Waals surface area contributed by atoms with Crippen molar-refractivity contribution in [1.29, 1.82) is 0 Å². The predicted molar refractivity (Wildman–Crippen MR) is 85.3 cm³/mol. The van der Waals surface area contributed by atoms with Gasteiger partial charge in [-0.05, 0) is 51.2 Å². The Balaban J connectivity index is 1.85. The van der Waals surface area contributed by atoms with E-state index in [2.05, 4.69) is 16.7 Å². The zero-order chi connectivity index (χ0) is 15.3. The molecule has 116 valence electrons. The first-order valence-corrected chi connectivity index (χ1v) is 7.73. The molecule has 1 aromatic rings. The highest BCUT2D eigenvalue weighted by atomic mass is 16.6. The molecule has 0 aromatic heterocycles. The molecule has 1 fully saturated rings. The van der Waals surface area contributed by atoms with Gasteiger partial charge in [0, 0.05) is 18.8 Å². The number of carbonyl (C=O) groups excluding carboxylic acids is 1. The van der Waals surface area contributed by atoms with E-state index in [1.807, 2.05) is 39.0 Å². The summed E-state index contributed by atoms with van der Waals surface area (Å²) in [6, 6.07) is 8.09. The maximum Gasteiger partial charge on any atom is 0.407 e. The van der Waals surface area contributed by atoms with Gasteiger partial charge in [-0.1, -0.05) is 24.6 Å². The number of para-hydroxylation sites is 1. The van der Waals surface area contributed by atoms with Crippen LogP contribution in [-0.2, 0) is 11.3 Å². The molecule has 1 aliphatic carbocycles. The maximum atomic E-state index is 11.7. The van der Waals surface area contributed by atoms with Gasteiger partial charge in [-0.3, -0.25) is 0 Å². The molecule has 0 heterocycles. The van der Waals surface area contributed by atoms with Crippen molar-refractivity contribution in [3.05, 3.63) is 29.8 Å². The minimum atomic E-state index is -0.466. The van der Waals surface area contributed by atoms with E-state index in [-0.39, 0.29) is 6.09 Å². The first kappa shape index (κ1) is 15.7. The molecule has 4 heteroatoms. The van der Waals surface area contributed by atoms with E-state index in [1.165, 1.54) is 19.3 Å². The van der Waals surface area contributed by atoms with E-state index in [4.69, 9.17) is 4.74 Å². The van der Waals surface area contributed by atoms with Crippen molar-refractivity contribution in [3.63, 3.8) is 0 Å². The van der Waals surface area contributed by atoms with E-state index in [9.17, 15) is 4.79 Å². The minimum absolute atomic E-state index is 0.378. The van der Waals surface area contributed by atoms with Crippen molar-refractivity contribution in [1.82, 2.24) is 5.32 Å². The lowest BCUT2D eigenvalue weighted by atomic mass is 9.85. The highest BCUT2D eigenvalue weighted by Crippen LogP contribution is 2.27. The maximum absolute atomic E-state index is 11.7. The van der Waals surface area contributed by atoms with Crippen LogP contribution in [0.4, 0.5) is 10.5 Å². The van der Waals surface area contributed by atoms with Gasteiger partial charge in [0.15, 0.2) is 0 Å².